The number of nitrogens with one attached hydrogen (secondary N) is 1. The fourth-order valence-electron chi connectivity index (χ4n) is 2.38. The third-order valence-corrected chi connectivity index (χ3v) is 3.63. The van der Waals surface area contributed by atoms with E-state index < -0.39 is 29.3 Å². The number of nitrogens with two attached hydrogens (primary N) is 1. The van der Waals surface area contributed by atoms with E-state index in [2.05, 4.69) is 0 Å². The standard InChI is InChI=1S/C13H17F2N3O2/c1-7(19)8-2-3-18(6-8)13(20)9-4-10(14)12(17-16)11(15)5-9/h4-5,7-8,17,19H,2-3,6,16H2,1H3. The van der Waals surface area contributed by atoms with Gasteiger partial charge in [0.2, 0.25) is 0 Å². The maximum absolute atomic E-state index is 13.6. The highest BCUT2D eigenvalue weighted by molar-refractivity contribution is 5.94. The number of hydrazine groups is 1. The molecular weight excluding hydrogens is 268 g/mol. The van der Waals surface area contributed by atoms with Gasteiger partial charge in [-0.05, 0) is 25.5 Å². The zero-order chi connectivity index (χ0) is 14.9. The van der Waals surface area contributed by atoms with Crippen molar-refractivity contribution in [2.24, 2.45) is 11.8 Å². The predicted molar refractivity (Wildman–Crippen MR) is 69.9 cm³/mol. The lowest BCUT2D eigenvalue weighted by molar-refractivity contribution is 0.0761. The van der Waals surface area contributed by atoms with Gasteiger partial charge < -0.3 is 15.4 Å². The van der Waals surface area contributed by atoms with Crippen molar-refractivity contribution in [1.82, 2.24) is 4.90 Å². The third-order valence-electron chi connectivity index (χ3n) is 3.63. The molecule has 20 heavy (non-hydrogen) atoms. The first-order valence-electron chi connectivity index (χ1n) is 6.37. The monoisotopic (exact) mass is 285 g/mol. The van der Waals surface area contributed by atoms with Crippen LogP contribution >= 0.6 is 0 Å². The highest BCUT2D eigenvalue weighted by Crippen LogP contribution is 2.24. The minimum absolute atomic E-state index is 0.00127. The summed E-state index contributed by atoms with van der Waals surface area (Å²) in [7, 11) is 0. The van der Waals surface area contributed by atoms with Crippen LogP contribution in [0.25, 0.3) is 0 Å². The summed E-state index contributed by atoms with van der Waals surface area (Å²) in [4.78, 5) is 13.7. The summed E-state index contributed by atoms with van der Waals surface area (Å²) >= 11 is 0. The summed E-state index contributed by atoms with van der Waals surface area (Å²) in [6.07, 6.45) is 0.168. The van der Waals surface area contributed by atoms with Crippen molar-refractivity contribution in [2.75, 3.05) is 18.5 Å². The Morgan fingerprint density at radius 3 is 2.55 bits per heavy atom. The Hall–Kier alpha value is -1.73. The molecule has 1 saturated heterocycles. The number of benzene rings is 1. The number of anilines is 1. The molecule has 1 aromatic carbocycles. The zero-order valence-electron chi connectivity index (χ0n) is 11.1. The summed E-state index contributed by atoms with van der Waals surface area (Å²) < 4.78 is 27.1. The quantitative estimate of drug-likeness (QED) is 0.574. The van der Waals surface area contributed by atoms with E-state index in [1.54, 1.807) is 6.92 Å². The molecule has 1 amide bonds. The first-order chi connectivity index (χ1) is 9.43. The van der Waals surface area contributed by atoms with E-state index >= 15 is 0 Å². The highest BCUT2D eigenvalue weighted by atomic mass is 19.1. The van der Waals surface area contributed by atoms with Gasteiger partial charge in [0.1, 0.15) is 5.69 Å². The molecule has 2 atom stereocenters. The highest BCUT2D eigenvalue weighted by Gasteiger charge is 2.30. The van der Waals surface area contributed by atoms with Crippen molar-refractivity contribution < 1.29 is 18.7 Å². The van der Waals surface area contributed by atoms with E-state index in [0.29, 0.717) is 19.5 Å². The Labute approximate surface area is 115 Å². The molecule has 0 radical (unpaired) electrons. The van der Waals surface area contributed by atoms with Gasteiger partial charge in [0.15, 0.2) is 11.6 Å². The van der Waals surface area contributed by atoms with Crippen LogP contribution in [0.4, 0.5) is 14.5 Å². The topological polar surface area (TPSA) is 78.6 Å². The Balaban J connectivity index is 2.18. The molecule has 0 spiro atoms. The van der Waals surface area contributed by atoms with Crippen LogP contribution in [0.5, 0.6) is 0 Å². The van der Waals surface area contributed by atoms with Gasteiger partial charge in [-0.1, -0.05) is 0 Å². The summed E-state index contributed by atoms with van der Waals surface area (Å²) in [6, 6.07) is 1.91. The molecule has 0 aromatic heterocycles. The summed E-state index contributed by atoms with van der Waals surface area (Å²) in [5, 5.41) is 9.50. The number of aliphatic hydroxyl groups excluding tert-OH is 1. The van der Waals surface area contributed by atoms with Crippen LogP contribution in [0.2, 0.25) is 0 Å². The summed E-state index contributed by atoms with van der Waals surface area (Å²) in [5.41, 5.74) is 1.38. The van der Waals surface area contributed by atoms with Crippen molar-refractivity contribution in [3.63, 3.8) is 0 Å². The van der Waals surface area contributed by atoms with Crippen LogP contribution in [0.3, 0.4) is 0 Å². The summed E-state index contributed by atoms with van der Waals surface area (Å²) in [5.74, 6) is 2.72. The second-order valence-electron chi connectivity index (χ2n) is 5.00. The Kier molecular flexibility index (Phi) is 4.20. The summed E-state index contributed by atoms with van der Waals surface area (Å²) in [6.45, 7) is 2.52. The number of aliphatic hydroxyl groups is 1. The molecule has 0 aliphatic carbocycles. The van der Waals surface area contributed by atoms with Crippen molar-refractivity contribution in [3.8, 4) is 0 Å². The maximum Gasteiger partial charge on any atom is 0.254 e. The SMILES string of the molecule is CC(O)C1CCN(C(=O)c2cc(F)c(NN)c(F)c2)C1. The smallest absolute Gasteiger partial charge is 0.254 e. The van der Waals surface area contributed by atoms with Gasteiger partial charge in [0, 0.05) is 24.6 Å². The number of carbonyl (C=O) groups excluding carboxylic acids is 1. The zero-order valence-corrected chi connectivity index (χ0v) is 11.1. The van der Waals surface area contributed by atoms with Gasteiger partial charge >= 0.3 is 0 Å². The fourth-order valence-corrected chi connectivity index (χ4v) is 2.38. The van der Waals surface area contributed by atoms with Crippen LogP contribution in [0.15, 0.2) is 12.1 Å². The first kappa shape index (κ1) is 14.7. The second-order valence-corrected chi connectivity index (χ2v) is 5.00. The number of hydrogen-bond acceptors (Lipinski definition) is 4. The Bertz CT molecular complexity index is 499. The van der Waals surface area contributed by atoms with Crippen molar-refractivity contribution in [2.45, 2.75) is 19.4 Å². The molecule has 0 bridgehead atoms. The number of nitrogen functional groups attached to an aromatic ring is 1. The Morgan fingerprint density at radius 2 is 2.10 bits per heavy atom. The van der Waals surface area contributed by atoms with Crippen LogP contribution in [0.1, 0.15) is 23.7 Å². The molecule has 1 aliphatic heterocycles. The number of rotatable bonds is 3. The van der Waals surface area contributed by atoms with Gasteiger partial charge in [-0.25, -0.2) is 8.78 Å². The lowest BCUT2D eigenvalue weighted by Gasteiger charge is -2.18. The maximum atomic E-state index is 13.6. The Morgan fingerprint density at radius 1 is 1.50 bits per heavy atom. The minimum atomic E-state index is -0.915. The average Bonchev–Trinajstić information content (AvgIpc) is 2.87. The van der Waals surface area contributed by atoms with E-state index in [1.165, 1.54) is 4.90 Å². The van der Waals surface area contributed by atoms with Crippen molar-refractivity contribution in [3.05, 3.63) is 29.3 Å². The van der Waals surface area contributed by atoms with Gasteiger partial charge in [-0.3, -0.25) is 10.6 Å². The fraction of sp³-hybridized carbons (Fsp3) is 0.462. The number of amides is 1. The van der Waals surface area contributed by atoms with E-state index in [-0.39, 0.29) is 11.5 Å². The molecule has 7 heteroatoms. The molecule has 1 aromatic rings. The van der Waals surface area contributed by atoms with Crippen LogP contribution in [0, 0.1) is 17.6 Å². The molecule has 0 saturated carbocycles. The van der Waals surface area contributed by atoms with Crippen LogP contribution in [-0.4, -0.2) is 35.1 Å². The molecular formula is C13H17F2N3O2. The molecule has 5 nitrogen and oxygen atoms in total. The van der Waals surface area contributed by atoms with E-state index in [0.717, 1.165) is 12.1 Å². The molecule has 110 valence electrons. The van der Waals surface area contributed by atoms with Crippen LogP contribution < -0.4 is 11.3 Å². The third kappa shape index (κ3) is 2.73. The van der Waals surface area contributed by atoms with Crippen LogP contribution in [-0.2, 0) is 0 Å². The molecule has 1 aliphatic rings. The van der Waals surface area contributed by atoms with Gasteiger partial charge in [-0.15, -0.1) is 0 Å². The predicted octanol–water partition coefficient (Wildman–Crippen LogP) is 1.09. The molecule has 1 fully saturated rings. The van der Waals surface area contributed by atoms with E-state index in [1.807, 2.05) is 5.43 Å². The number of likely N-dealkylation sites (tertiary alicyclic amines) is 1. The van der Waals surface area contributed by atoms with Gasteiger partial charge in [0.25, 0.3) is 5.91 Å². The minimum Gasteiger partial charge on any atom is -0.393 e. The number of carbonyl (C=O) groups is 1. The van der Waals surface area contributed by atoms with Gasteiger partial charge in [-0.2, -0.15) is 0 Å². The molecule has 2 rings (SSSR count). The number of nitrogens with zero attached hydrogens (tertiary/aromatic N) is 1. The first-order valence-corrected chi connectivity index (χ1v) is 6.37. The lowest BCUT2D eigenvalue weighted by Crippen LogP contribution is -2.30. The average molecular weight is 285 g/mol. The molecule has 4 N–H and O–H groups in total. The van der Waals surface area contributed by atoms with E-state index in [9.17, 15) is 18.7 Å². The largest absolute Gasteiger partial charge is 0.393 e. The number of halogens is 2. The van der Waals surface area contributed by atoms with E-state index in [4.69, 9.17) is 5.84 Å². The van der Waals surface area contributed by atoms with Crippen molar-refractivity contribution >= 4 is 11.6 Å². The lowest BCUT2D eigenvalue weighted by atomic mass is 10.0. The molecule has 1 heterocycles. The normalized spacial score (nSPS) is 20.1. The number of hydrogen-bond donors (Lipinski definition) is 3. The van der Waals surface area contributed by atoms with Crippen molar-refractivity contribution in [1.29, 1.82) is 0 Å². The van der Waals surface area contributed by atoms with Gasteiger partial charge in [0.05, 0.1) is 6.10 Å². The molecule has 2 unspecified atom stereocenters. The second kappa shape index (κ2) is 5.72.